The average Bonchev–Trinajstić information content (AvgIpc) is 3.34. The van der Waals surface area contributed by atoms with Crippen molar-refractivity contribution in [3.05, 3.63) is 22.4 Å². The third kappa shape index (κ3) is 2.20. The molecule has 0 radical (unpaired) electrons. The molecule has 5 nitrogen and oxygen atoms in total. The van der Waals surface area contributed by atoms with Crippen LogP contribution in [0.2, 0.25) is 0 Å². The van der Waals surface area contributed by atoms with Gasteiger partial charge in [0.25, 0.3) is 0 Å². The molecule has 1 aromatic rings. The number of amidine groups is 1. The van der Waals surface area contributed by atoms with Crippen LogP contribution in [0.5, 0.6) is 0 Å². The van der Waals surface area contributed by atoms with E-state index in [4.69, 9.17) is 10.9 Å². The molecule has 1 aromatic heterocycles. The maximum Gasteiger partial charge on any atom is 0.237 e. The highest BCUT2D eigenvalue weighted by atomic mass is 32.1. The Hall–Kier alpha value is -1.56. The first-order valence-corrected chi connectivity index (χ1v) is 7.37. The molecule has 0 unspecified atom stereocenters. The molecular weight excluding hydrogens is 262 g/mol. The summed E-state index contributed by atoms with van der Waals surface area (Å²) in [4.78, 5) is 15.8. The van der Waals surface area contributed by atoms with E-state index in [1.54, 1.807) is 11.3 Å². The molecule has 0 saturated heterocycles. The van der Waals surface area contributed by atoms with Gasteiger partial charge in [-0.3, -0.25) is 4.79 Å². The molecule has 19 heavy (non-hydrogen) atoms. The number of carbonyl (C=O) groups is 1. The third-order valence-corrected chi connectivity index (χ3v) is 4.77. The topological polar surface area (TPSA) is 78.9 Å². The van der Waals surface area contributed by atoms with Crippen LogP contribution >= 0.6 is 11.3 Å². The van der Waals surface area contributed by atoms with Crippen LogP contribution in [-0.2, 0) is 11.3 Å². The third-order valence-electron chi connectivity index (χ3n) is 3.91. The number of oxime groups is 1. The Labute approximate surface area is 115 Å². The summed E-state index contributed by atoms with van der Waals surface area (Å²) in [5, 5.41) is 13.9. The summed E-state index contributed by atoms with van der Waals surface area (Å²) in [5.74, 6) is 0.0908. The Bertz CT molecular complexity index is 504. The van der Waals surface area contributed by atoms with Gasteiger partial charge in [-0.25, -0.2) is 0 Å². The second-order valence-corrected chi connectivity index (χ2v) is 6.34. The van der Waals surface area contributed by atoms with Gasteiger partial charge in [0.2, 0.25) is 5.91 Å². The smallest absolute Gasteiger partial charge is 0.237 e. The highest BCUT2D eigenvalue weighted by Gasteiger charge is 2.57. The van der Waals surface area contributed by atoms with Crippen molar-refractivity contribution in [2.75, 3.05) is 0 Å². The molecule has 2 aliphatic carbocycles. The maximum absolute atomic E-state index is 12.7. The van der Waals surface area contributed by atoms with Crippen molar-refractivity contribution in [2.45, 2.75) is 38.3 Å². The van der Waals surface area contributed by atoms with E-state index < -0.39 is 5.41 Å². The molecule has 0 aliphatic heterocycles. The van der Waals surface area contributed by atoms with E-state index in [0.717, 1.165) is 12.8 Å². The molecule has 102 valence electrons. The summed E-state index contributed by atoms with van der Waals surface area (Å²) < 4.78 is 0. The van der Waals surface area contributed by atoms with Gasteiger partial charge in [0.1, 0.15) is 5.41 Å². The van der Waals surface area contributed by atoms with Crippen molar-refractivity contribution < 1.29 is 10.0 Å². The second kappa shape index (κ2) is 4.52. The number of rotatable bonds is 5. The Balaban J connectivity index is 1.79. The standard InChI is InChI=1S/C13H17N3O2S/c14-11(15-18)13(5-6-13)12(17)16(9-3-4-9)8-10-2-1-7-19-10/h1-2,7,9,18H,3-6,8H2,(H2,14,15). The summed E-state index contributed by atoms with van der Waals surface area (Å²) in [6.07, 6.45) is 3.50. The molecule has 6 heteroatoms. The van der Waals surface area contributed by atoms with Crippen molar-refractivity contribution in [3.8, 4) is 0 Å². The quantitative estimate of drug-likeness (QED) is 0.373. The van der Waals surface area contributed by atoms with Crippen LogP contribution < -0.4 is 5.73 Å². The molecule has 2 aliphatic rings. The summed E-state index contributed by atoms with van der Waals surface area (Å²) in [6, 6.07) is 4.36. The molecule has 3 rings (SSSR count). The van der Waals surface area contributed by atoms with Gasteiger partial charge in [0, 0.05) is 10.9 Å². The minimum Gasteiger partial charge on any atom is -0.409 e. The number of nitrogens with zero attached hydrogens (tertiary/aromatic N) is 2. The fourth-order valence-electron chi connectivity index (χ4n) is 2.40. The zero-order valence-electron chi connectivity index (χ0n) is 10.6. The Kier molecular flexibility index (Phi) is 2.97. The molecule has 0 aromatic carbocycles. The first kappa shape index (κ1) is 12.5. The molecule has 1 amide bonds. The Morgan fingerprint density at radius 1 is 1.58 bits per heavy atom. The van der Waals surface area contributed by atoms with Crippen LogP contribution in [0.3, 0.4) is 0 Å². The van der Waals surface area contributed by atoms with Crippen molar-refractivity contribution in [3.63, 3.8) is 0 Å². The monoisotopic (exact) mass is 279 g/mol. The Morgan fingerprint density at radius 2 is 2.32 bits per heavy atom. The molecule has 2 fully saturated rings. The van der Waals surface area contributed by atoms with E-state index in [0.29, 0.717) is 25.4 Å². The van der Waals surface area contributed by atoms with Crippen LogP contribution in [0.25, 0.3) is 0 Å². The van der Waals surface area contributed by atoms with Gasteiger partial charge >= 0.3 is 0 Å². The number of nitrogens with two attached hydrogens (primary N) is 1. The largest absolute Gasteiger partial charge is 0.409 e. The molecule has 2 saturated carbocycles. The number of carbonyl (C=O) groups excluding carboxylic acids is 1. The predicted octanol–water partition coefficient (Wildman–Crippen LogP) is 1.77. The van der Waals surface area contributed by atoms with E-state index in [2.05, 4.69) is 5.16 Å². The Morgan fingerprint density at radius 3 is 2.79 bits per heavy atom. The van der Waals surface area contributed by atoms with Gasteiger partial charge in [0.15, 0.2) is 5.84 Å². The lowest BCUT2D eigenvalue weighted by atomic mass is 10.0. The van der Waals surface area contributed by atoms with E-state index in [-0.39, 0.29) is 11.7 Å². The van der Waals surface area contributed by atoms with Crippen LogP contribution in [0.15, 0.2) is 22.7 Å². The van der Waals surface area contributed by atoms with Crippen LogP contribution in [0.4, 0.5) is 0 Å². The lowest BCUT2D eigenvalue weighted by Gasteiger charge is -2.26. The van der Waals surface area contributed by atoms with Crippen LogP contribution in [-0.4, -0.2) is 27.9 Å². The zero-order chi connectivity index (χ0) is 13.5. The number of hydrogen-bond acceptors (Lipinski definition) is 4. The van der Waals surface area contributed by atoms with Gasteiger partial charge in [-0.05, 0) is 37.1 Å². The van der Waals surface area contributed by atoms with Crippen molar-refractivity contribution in [1.82, 2.24) is 4.90 Å². The van der Waals surface area contributed by atoms with Crippen LogP contribution in [0.1, 0.15) is 30.6 Å². The maximum atomic E-state index is 12.7. The first-order chi connectivity index (χ1) is 9.17. The van der Waals surface area contributed by atoms with Gasteiger partial charge in [-0.1, -0.05) is 11.2 Å². The average molecular weight is 279 g/mol. The molecule has 0 spiro atoms. The summed E-state index contributed by atoms with van der Waals surface area (Å²) in [5.41, 5.74) is 4.97. The molecule has 0 bridgehead atoms. The van der Waals surface area contributed by atoms with Gasteiger partial charge in [-0.15, -0.1) is 11.3 Å². The summed E-state index contributed by atoms with van der Waals surface area (Å²) >= 11 is 1.65. The number of thiophene rings is 1. The number of hydrogen-bond donors (Lipinski definition) is 2. The molecule has 0 atom stereocenters. The van der Waals surface area contributed by atoms with E-state index >= 15 is 0 Å². The number of amides is 1. The fraction of sp³-hybridized carbons (Fsp3) is 0.538. The van der Waals surface area contributed by atoms with Gasteiger partial charge < -0.3 is 15.8 Å². The molecular formula is C13H17N3O2S. The van der Waals surface area contributed by atoms with Gasteiger partial charge in [-0.2, -0.15) is 0 Å². The zero-order valence-corrected chi connectivity index (χ0v) is 11.4. The van der Waals surface area contributed by atoms with E-state index in [1.807, 2.05) is 22.4 Å². The predicted molar refractivity (Wildman–Crippen MR) is 73.0 cm³/mol. The summed E-state index contributed by atoms with van der Waals surface area (Å²) in [6.45, 7) is 0.641. The second-order valence-electron chi connectivity index (χ2n) is 5.31. The lowest BCUT2D eigenvalue weighted by Crippen LogP contribution is -2.44. The highest BCUT2D eigenvalue weighted by Crippen LogP contribution is 2.49. The minimum atomic E-state index is -0.728. The van der Waals surface area contributed by atoms with Crippen molar-refractivity contribution in [1.29, 1.82) is 0 Å². The first-order valence-electron chi connectivity index (χ1n) is 6.49. The van der Waals surface area contributed by atoms with Crippen LogP contribution in [0, 0.1) is 5.41 Å². The van der Waals surface area contributed by atoms with Crippen molar-refractivity contribution >= 4 is 23.1 Å². The van der Waals surface area contributed by atoms with E-state index in [1.165, 1.54) is 4.88 Å². The normalized spacial score (nSPS) is 21.2. The highest BCUT2D eigenvalue weighted by molar-refractivity contribution is 7.09. The fourth-order valence-corrected chi connectivity index (χ4v) is 3.10. The molecule has 3 N–H and O–H groups in total. The van der Waals surface area contributed by atoms with Gasteiger partial charge in [0.05, 0.1) is 6.54 Å². The summed E-state index contributed by atoms with van der Waals surface area (Å²) in [7, 11) is 0. The SMILES string of the molecule is N/C(=N/O)C1(C(=O)N(Cc2cccs2)C2CC2)CC1. The van der Waals surface area contributed by atoms with E-state index in [9.17, 15) is 4.79 Å². The minimum absolute atomic E-state index is 0.0266. The lowest BCUT2D eigenvalue weighted by molar-refractivity contribution is -0.135. The molecule has 1 heterocycles. The van der Waals surface area contributed by atoms with Crippen molar-refractivity contribution in [2.24, 2.45) is 16.3 Å².